The van der Waals surface area contributed by atoms with Crippen LogP contribution in [0.15, 0.2) is 95.4 Å². The molecular weight excluding hydrogens is 298 g/mol. The molecule has 1 unspecified atom stereocenters. The number of para-hydroxylation sites is 1. The first kappa shape index (κ1) is 15.7. The quantitative estimate of drug-likeness (QED) is 0.635. The van der Waals surface area contributed by atoms with E-state index in [4.69, 9.17) is 0 Å². The zero-order valence-electron chi connectivity index (χ0n) is 13.3. The van der Waals surface area contributed by atoms with Crippen molar-refractivity contribution in [3.8, 4) is 0 Å². The molecule has 0 fully saturated rings. The van der Waals surface area contributed by atoms with E-state index in [1.807, 2.05) is 48.7 Å². The van der Waals surface area contributed by atoms with Crippen LogP contribution in [0.2, 0.25) is 0 Å². The first-order chi connectivity index (χ1) is 11.7. The standard InChI is InChI=1S/C11H10N2O.C9H7N/c1-11(7-8-12-13-11)10(14)9-5-3-2-4-6-9;1-2-6-9-8(4-1)5-3-7-10-9/h2-8H,1H3;1-7H. The van der Waals surface area contributed by atoms with Crippen LogP contribution in [-0.4, -0.2) is 16.3 Å². The summed E-state index contributed by atoms with van der Waals surface area (Å²) in [5, 5.41) is 8.81. The third-order valence-electron chi connectivity index (χ3n) is 3.74. The highest BCUT2D eigenvalue weighted by atomic mass is 16.1. The van der Waals surface area contributed by atoms with Crippen molar-refractivity contribution in [2.45, 2.75) is 12.5 Å². The van der Waals surface area contributed by atoms with E-state index in [0.717, 1.165) is 5.52 Å². The molecule has 0 radical (unpaired) electrons. The van der Waals surface area contributed by atoms with E-state index in [9.17, 15) is 4.79 Å². The van der Waals surface area contributed by atoms with Crippen molar-refractivity contribution in [1.82, 2.24) is 4.98 Å². The molecule has 1 aromatic heterocycles. The van der Waals surface area contributed by atoms with Crippen LogP contribution < -0.4 is 0 Å². The van der Waals surface area contributed by atoms with Gasteiger partial charge in [-0.25, -0.2) is 0 Å². The lowest BCUT2D eigenvalue weighted by atomic mass is 9.93. The summed E-state index contributed by atoms with van der Waals surface area (Å²) in [5.74, 6) is -0.0180. The highest BCUT2D eigenvalue weighted by molar-refractivity contribution is 6.04. The number of carbonyl (C=O) groups excluding carboxylic acids is 1. The SMILES string of the molecule is CC1(C(=O)c2ccccc2)C=CN=N1.c1ccc2ncccc2c1. The van der Waals surface area contributed by atoms with E-state index < -0.39 is 5.54 Å². The van der Waals surface area contributed by atoms with Crippen molar-refractivity contribution in [2.24, 2.45) is 10.2 Å². The molecule has 0 spiro atoms. The highest BCUT2D eigenvalue weighted by Gasteiger charge is 2.33. The Balaban J connectivity index is 0.000000149. The topological polar surface area (TPSA) is 54.7 Å². The lowest BCUT2D eigenvalue weighted by Gasteiger charge is -2.14. The summed E-state index contributed by atoms with van der Waals surface area (Å²) in [5.41, 5.74) is 0.923. The third-order valence-corrected chi connectivity index (χ3v) is 3.74. The molecule has 2 heterocycles. The lowest BCUT2D eigenvalue weighted by Crippen LogP contribution is -2.29. The smallest absolute Gasteiger partial charge is 0.195 e. The van der Waals surface area contributed by atoms with E-state index in [1.54, 1.807) is 31.3 Å². The second-order valence-electron chi connectivity index (χ2n) is 5.57. The van der Waals surface area contributed by atoms with Crippen LogP contribution in [0.25, 0.3) is 10.9 Å². The number of fused-ring (bicyclic) bond motifs is 1. The number of pyridine rings is 1. The number of aromatic nitrogens is 1. The Kier molecular flexibility index (Phi) is 4.57. The molecule has 1 aliphatic heterocycles. The van der Waals surface area contributed by atoms with Gasteiger partial charge in [-0.3, -0.25) is 9.78 Å². The van der Waals surface area contributed by atoms with Gasteiger partial charge in [0.1, 0.15) is 0 Å². The molecule has 2 aromatic carbocycles. The number of rotatable bonds is 2. The predicted octanol–water partition coefficient (Wildman–Crippen LogP) is 4.84. The molecule has 0 aliphatic carbocycles. The van der Waals surface area contributed by atoms with E-state index in [1.165, 1.54) is 5.39 Å². The summed E-state index contributed by atoms with van der Waals surface area (Å²) in [6.07, 6.45) is 5.07. The van der Waals surface area contributed by atoms with Crippen LogP contribution in [0.1, 0.15) is 17.3 Å². The van der Waals surface area contributed by atoms with Gasteiger partial charge in [-0.05, 0) is 25.1 Å². The Morgan fingerprint density at radius 1 is 0.917 bits per heavy atom. The maximum absolute atomic E-state index is 12.0. The monoisotopic (exact) mass is 315 g/mol. The first-order valence-corrected chi connectivity index (χ1v) is 7.68. The average Bonchev–Trinajstić information content (AvgIpc) is 3.10. The Morgan fingerprint density at radius 2 is 1.62 bits per heavy atom. The molecule has 0 saturated heterocycles. The molecule has 118 valence electrons. The minimum absolute atomic E-state index is 0.0180. The number of Topliss-reactive ketones (excluding diaryl/α,β-unsaturated/α-hetero) is 1. The van der Waals surface area contributed by atoms with E-state index in [-0.39, 0.29) is 5.78 Å². The van der Waals surface area contributed by atoms with E-state index in [0.29, 0.717) is 5.56 Å². The number of nitrogens with zero attached hydrogens (tertiary/aromatic N) is 3. The van der Waals surface area contributed by atoms with E-state index >= 15 is 0 Å². The van der Waals surface area contributed by atoms with Gasteiger partial charge < -0.3 is 0 Å². The number of ketones is 1. The summed E-state index contributed by atoms with van der Waals surface area (Å²) >= 11 is 0. The number of hydrogen-bond acceptors (Lipinski definition) is 4. The summed E-state index contributed by atoms with van der Waals surface area (Å²) < 4.78 is 0. The third kappa shape index (κ3) is 3.43. The molecule has 0 N–H and O–H groups in total. The van der Waals surface area contributed by atoms with Gasteiger partial charge in [0, 0.05) is 23.3 Å². The van der Waals surface area contributed by atoms with Crippen LogP contribution in [0.3, 0.4) is 0 Å². The first-order valence-electron chi connectivity index (χ1n) is 7.68. The summed E-state index contributed by atoms with van der Waals surface area (Å²) in [6.45, 7) is 1.76. The Bertz CT molecular complexity index is 823. The zero-order valence-corrected chi connectivity index (χ0v) is 13.3. The van der Waals surface area contributed by atoms with Crippen molar-refractivity contribution in [3.63, 3.8) is 0 Å². The molecule has 4 heteroatoms. The molecule has 3 aromatic rings. The number of hydrogen-bond donors (Lipinski definition) is 0. The van der Waals surface area contributed by atoms with Crippen molar-refractivity contribution >= 4 is 16.7 Å². The van der Waals surface area contributed by atoms with Crippen LogP contribution in [-0.2, 0) is 0 Å². The molecular formula is C20H17N3O. The van der Waals surface area contributed by atoms with Crippen LogP contribution in [0.4, 0.5) is 0 Å². The van der Waals surface area contributed by atoms with Crippen molar-refractivity contribution in [2.75, 3.05) is 0 Å². The largest absolute Gasteiger partial charge is 0.291 e. The normalized spacial score (nSPS) is 18.2. The summed E-state index contributed by atoms with van der Waals surface area (Å²) in [6, 6.07) is 21.2. The maximum atomic E-state index is 12.0. The van der Waals surface area contributed by atoms with Gasteiger partial charge in [-0.15, -0.1) is 0 Å². The lowest BCUT2D eigenvalue weighted by molar-refractivity contribution is 0.0932. The Hall–Kier alpha value is -3.14. The maximum Gasteiger partial charge on any atom is 0.195 e. The van der Waals surface area contributed by atoms with Gasteiger partial charge in [-0.2, -0.15) is 10.2 Å². The van der Waals surface area contributed by atoms with Crippen molar-refractivity contribution < 1.29 is 4.79 Å². The fourth-order valence-electron chi connectivity index (χ4n) is 2.38. The van der Waals surface area contributed by atoms with Gasteiger partial charge in [0.05, 0.1) is 5.52 Å². The molecule has 24 heavy (non-hydrogen) atoms. The molecule has 1 aliphatic rings. The molecule has 1 atom stereocenters. The molecule has 4 nitrogen and oxygen atoms in total. The molecule has 0 amide bonds. The van der Waals surface area contributed by atoms with Gasteiger partial charge >= 0.3 is 0 Å². The summed E-state index contributed by atoms with van der Waals surface area (Å²) in [7, 11) is 0. The summed E-state index contributed by atoms with van der Waals surface area (Å²) in [4.78, 5) is 16.1. The van der Waals surface area contributed by atoms with Gasteiger partial charge in [-0.1, -0.05) is 54.6 Å². The number of carbonyl (C=O) groups is 1. The minimum Gasteiger partial charge on any atom is -0.291 e. The van der Waals surface area contributed by atoms with Crippen molar-refractivity contribution in [1.29, 1.82) is 0 Å². The number of azo groups is 1. The average molecular weight is 315 g/mol. The molecule has 0 saturated carbocycles. The fourth-order valence-corrected chi connectivity index (χ4v) is 2.38. The van der Waals surface area contributed by atoms with Gasteiger partial charge in [0.2, 0.25) is 0 Å². The zero-order chi connectivity index (χ0) is 16.8. The predicted molar refractivity (Wildman–Crippen MR) is 94.9 cm³/mol. The van der Waals surface area contributed by atoms with Crippen LogP contribution >= 0.6 is 0 Å². The highest BCUT2D eigenvalue weighted by Crippen LogP contribution is 2.23. The second-order valence-corrected chi connectivity index (χ2v) is 5.57. The van der Waals surface area contributed by atoms with Gasteiger partial charge in [0.15, 0.2) is 11.3 Å². The molecule has 4 rings (SSSR count). The second kappa shape index (κ2) is 6.96. The number of benzene rings is 2. The fraction of sp³-hybridized carbons (Fsp3) is 0.100. The molecule has 0 bridgehead atoms. The van der Waals surface area contributed by atoms with Crippen LogP contribution in [0.5, 0.6) is 0 Å². The van der Waals surface area contributed by atoms with Crippen LogP contribution in [0, 0.1) is 0 Å². The van der Waals surface area contributed by atoms with E-state index in [2.05, 4.69) is 27.3 Å². The van der Waals surface area contributed by atoms with Crippen molar-refractivity contribution in [3.05, 3.63) is 90.8 Å². The van der Waals surface area contributed by atoms with Gasteiger partial charge in [0.25, 0.3) is 0 Å². The Morgan fingerprint density at radius 3 is 2.33 bits per heavy atom. The minimum atomic E-state index is -0.804. The Labute approximate surface area is 140 Å².